The zero-order chi connectivity index (χ0) is 16.8. The van der Waals surface area contributed by atoms with E-state index in [4.69, 9.17) is 9.47 Å². The van der Waals surface area contributed by atoms with Gasteiger partial charge in [0.2, 0.25) is 0 Å². The molecule has 4 rings (SSSR count). The Kier molecular flexibility index (Phi) is 3.39. The smallest absolute Gasteiger partial charge is 0.173 e. The quantitative estimate of drug-likeness (QED) is 0.671. The zero-order valence-corrected chi connectivity index (χ0v) is 13.7. The summed E-state index contributed by atoms with van der Waals surface area (Å²) in [5.74, 6) is 1.35. The molecule has 2 aromatic rings. The molecular formula is C19H20NO4+. The molecule has 0 saturated carbocycles. The van der Waals surface area contributed by atoms with E-state index in [2.05, 4.69) is 12.3 Å². The Balaban J connectivity index is 1.92. The highest BCUT2D eigenvalue weighted by Gasteiger charge is 2.31. The van der Waals surface area contributed by atoms with E-state index in [0.717, 1.165) is 46.0 Å². The topological polar surface area (TPSA) is 63.4 Å². The molecule has 0 amide bonds. The SMILES string of the molecule is COc1ccc2c(c1OC)=C[NH+]1CCc3cc(O)c(O)cc3C1C=2. The van der Waals surface area contributed by atoms with Gasteiger partial charge in [0.25, 0.3) is 0 Å². The molecular weight excluding hydrogens is 306 g/mol. The lowest BCUT2D eigenvalue weighted by Crippen LogP contribution is -3.09. The average molecular weight is 326 g/mol. The van der Waals surface area contributed by atoms with Gasteiger partial charge in [-0.05, 0) is 35.1 Å². The molecule has 2 heterocycles. The number of phenolic OH excluding ortho intramolecular Hbond substituents is 2. The molecule has 0 bridgehead atoms. The summed E-state index contributed by atoms with van der Waals surface area (Å²) in [6.07, 6.45) is 5.22. The van der Waals surface area contributed by atoms with Crippen molar-refractivity contribution in [1.29, 1.82) is 0 Å². The molecule has 124 valence electrons. The zero-order valence-electron chi connectivity index (χ0n) is 13.7. The largest absolute Gasteiger partial charge is 0.504 e. The normalized spacial score (nSPS) is 20.8. The molecule has 2 atom stereocenters. The van der Waals surface area contributed by atoms with Crippen LogP contribution < -0.4 is 24.8 Å². The number of methoxy groups -OCH3 is 2. The third-order valence-electron chi connectivity index (χ3n) is 4.95. The second-order valence-corrected chi connectivity index (χ2v) is 6.21. The van der Waals surface area contributed by atoms with Gasteiger partial charge in [-0.3, -0.25) is 4.90 Å². The van der Waals surface area contributed by atoms with Crippen molar-refractivity contribution in [3.8, 4) is 23.0 Å². The first kappa shape index (κ1) is 14.9. The van der Waals surface area contributed by atoms with Crippen molar-refractivity contribution in [2.75, 3.05) is 20.8 Å². The van der Waals surface area contributed by atoms with E-state index in [-0.39, 0.29) is 17.5 Å². The van der Waals surface area contributed by atoms with Crippen molar-refractivity contribution in [2.45, 2.75) is 12.5 Å². The number of phenols is 2. The van der Waals surface area contributed by atoms with E-state index in [1.807, 2.05) is 12.1 Å². The van der Waals surface area contributed by atoms with Gasteiger partial charge in [0.05, 0.1) is 26.0 Å². The van der Waals surface area contributed by atoms with Gasteiger partial charge in [0, 0.05) is 12.0 Å². The van der Waals surface area contributed by atoms with Crippen molar-refractivity contribution < 1.29 is 24.6 Å². The van der Waals surface area contributed by atoms with Gasteiger partial charge in [-0.15, -0.1) is 0 Å². The van der Waals surface area contributed by atoms with Gasteiger partial charge >= 0.3 is 0 Å². The maximum absolute atomic E-state index is 9.89. The third kappa shape index (κ3) is 2.12. The van der Waals surface area contributed by atoms with Crippen LogP contribution in [0.15, 0.2) is 24.3 Å². The molecule has 24 heavy (non-hydrogen) atoms. The van der Waals surface area contributed by atoms with E-state index >= 15 is 0 Å². The van der Waals surface area contributed by atoms with Crippen LogP contribution in [0, 0.1) is 0 Å². The number of rotatable bonds is 2. The number of quaternary nitrogens is 1. The first-order chi connectivity index (χ1) is 11.6. The Morgan fingerprint density at radius 1 is 1.08 bits per heavy atom. The summed E-state index contributed by atoms with van der Waals surface area (Å²) in [5.41, 5.74) is 2.15. The molecule has 0 spiro atoms. The fourth-order valence-electron chi connectivity index (χ4n) is 3.76. The van der Waals surface area contributed by atoms with Gasteiger partial charge in [-0.1, -0.05) is 6.07 Å². The molecule has 0 saturated heterocycles. The summed E-state index contributed by atoms with van der Waals surface area (Å²) in [6.45, 7) is 0.915. The summed E-state index contributed by atoms with van der Waals surface area (Å²) in [7, 11) is 3.29. The highest BCUT2D eigenvalue weighted by molar-refractivity contribution is 5.55. The standard InChI is InChI=1S/C19H19NO4/c1-23-18-4-3-11-7-15-13-9-17(22)16(21)8-12(13)5-6-20(15)10-14(11)19(18)24-2/h3-4,7-10,15,21-22H,5-6H2,1-2H3/p+1. The Bertz CT molecular complexity index is 935. The van der Waals surface area contributed by atoms with Crippen LogP contribution in [0.5, 0.6) is 23.0 Å². The van der Waals surface area contributed by atoms with Crippen LogP contribution in [0.1, 0.15) is 17.2 Å². The van der Waals surface area contributed by atoms with Crippen LogP contribution in [0.2, 0.25) is 0 Å². The van der Waals surface area contributed by atoms with Crippen molar-refractivity contribution in [3.05, 3.63) is 45.8 Å². The van der Waals surface area contributed by atoms with Gasteiger partial charge < -0.3 is 19.7 Å². The number of ether oxygens (including phenoxy) is 2. The van der Waals surface area contributed by atoms with Gasteiger partial charge in [-0.2, -0.15) is 0 Å². The molecule has 5 heteroatoms. The molecule has 3 N–H and O–H groups in total. The Labute approximate surface area is 139 Å². The van der Waals surface area contributed by atoms with E-state index in [0.29, 0.717) is 0 Å². The monoisotopic (exact) mass is 326 g/mol. The Morgan fingerprint density at radius 3 is 2.62 bits per heavy atom. The maximum atomic E-state index is 9.89. The van der Waals surface area contributed by atoms with Gasteiger partial charge in [-0.25, -0.2) is 0 Å². The lowest BCUT2D eigenvalue weighted by Gasteiger charge is -2.32. The molecule has 0 aromatic heterocycles. The van der Waals surface area contributed by atoms with Crippen molar-refractivity contribution in [1.82, 2.24) is 0 Å². The molecule has 2 aliphatic rings. The number of hydrogen-bond donors (Lipinski definition) is 3. The summed E-state index contributed by atoms with van der Waals surface area (Å²) in [5, 5.41) is 21.8. The first-order valence-corrected chi connectivity index (χ1v) is 7.97. The van der Waals surface area contributed by atoms with E-state index < -0.39 is 0 Å². The fraction of sp³-hybridized carbons (Fsp3) is 0.263. The maximum Gasteiger partial charge on any atom is 0.173 e. The van der Waals surface area contributed by atoms with Crippen molar-refractivity contribution >= 4 is 12.3 Å². The van der Waals surface area contributed by atoms with Crippen LogP contribution in [-0.2, 0) is 6.42 Å². The van der Waals surface area contributed by atoms with Gasteiger partial charge in [0.15, 0.2) is 23.0 Å². The molecule has 0 radical (unpaired) electrons. The van der Waals surface area contributed by atoms with Crippen LogP contribution in [0.3, 0.4) is 0 Å². The van der Waals surface area contributed by atoms with Crippen LogP contribution in [-0.4, -0.2) is 31.0 Å². The lowest BCUT2D eigenvalue weighted by atomic mass is 9.90. The Hall–Kier alpha value is -2.66. The number of benzene rings is 2. The minimum Gasteiger partial charge on any atom is -0.504 e. The summed E-state index contributed by atoms with van der Waals surface area (Å²) >= 11 is 0. The number of fused-ring (bicyclic) bond motifs is 4. The minimum atomic E-state index is -0.0680. The van der Waals surface area contributed by atoms with Crippen LogP contribution in [0.25, 0.3) is 12.3 Å². The molecule has 5 nitrogen and oxygen atoms in total. The van der Waals surface area contributed by atoms with E-state index in [1.165, 1.54) is 4.90 Å². The Morgan fingerprint density at radius 2 is 1.88 bits per heavy atom. The molecule has 0 fully saturated rings. The highest BCUT2D eigenvalue weighted by Crippen LogP contribution is 2.33. The first-order valence-electron chi connectivity index (χ1n) is 7.97. The number of aromatic hydroxyl groups is 2. The predicted molar refractivity (Wildman–Crippen MR) is 89.8 cm³/mol. The average Bonchev–Trinajstić information content (AvgIpc) is 2.60. The molecule has 0 aliphatic carbocycles. The molecule has 2 aromatic carbocycles. The molecule has 2 aliphatic heterocycles. The second-order valence-electron chi connectivity index (χ2n) is 6.21. The van der Waals surface area contributed by atoms with Crippen molar-refractivity contribution in [2.24, 2.45) is 0 Å². The minimum absolute atomic E-state index is 0.0520. The highest BCUT2D eigenvalue weighted by atomic mass is 16.5. The summed E-state index contributed by atoms with van der Waals surface area (Å²) < 4.78 is 11.0. The van der Waals surface area contributed by atoms with Crippen LogP contribution >= 0.6 is 0 Å². The van der Waals surface area contributed by atoms with Gasteiger partial charge in [0.1, 0.15) is 12.2 Å². The predicted octanol–water partition coefficient (Wildman–Crippen LogP) is -0.171. The van der Waals surface area contributed by atoms with E-state index in [9.17, 15) is 10.2 Å². The van der Waals surface area contributed by atoms with E-state index in [1.54, 1.807) is 26.4 Å². The summed E-state index contributed by atoms with van der Waals surface area (Å²) in [4.78, 5) is 1.28. The number of hydrogen-bond acceptors (Lipinski definition) is 4. The summed E-state index contributed by atoms with van der Waals surface area (Å²) in [6, 6.07) is 7.42. The number of nitrogens with one attached hydrogen (secondary N) is 1. The second kappa shape index (κ2) is 5.46. The fourth-order valence-corrected chi connectivity index (χ4v) is 3.76. The molecule has 2 unspecified atom stereocenters. The lowest BCUT2D eigenvalue weighted by molar-refractivity contribution is -0.844. The van der Waals surface area contributed by atoms with Crippen molar-refractivity contribution in [3.63, 3.8) is 0 Å². The third-order valence-corrected chi connectivity index (χ3v) is 4.95. The van der Waals surface area contributed by atoms with Crippen LogP contribution in [0.4, 0.5) is 0 Å².